The SMILES string of the molecule is Cc1ccc(S(=O)(=O)N2C(c3ccccc3)CCC2(C(F)(F)F)C(F)(F)F)cc1. The van der Waals surface area contributed by atoms with Crippen LogP contribution in [0.1, 0.15) is 30.0 Å². The van der Waals surface area contributed by atoms with Crippen LogP contribution in [-0.4, -0.2) is 30.6 Å². The molecule has 0 bridgehead atoms. The Hall–Kier alpha value is -2.07. The van der Waals surface area contributed by atoms with Crippen molar-refractivity contribution >= 4 is 10.0 Å². The largest absolute Gasteiger partial charge is 0.416 e. The Labute approximate surface area is 164 Å². The van der Waals surface area contributed by atoms with Gasteiger partial charge in [0.2, 0.25) is 15.6 Å². The first kappa shape index (κ1) is 21.6. The highest BCUT2D eigenvalue weighted by molar-refractivity contribution is 7.89. The van der Waals surface area contributed by atoms with Gasteiger partial charge in [-0.05, 0) is 37.5 Å². The van der Waals surface area contributed by atoms with E-state index in [4.69, 9.17) is 0 Å². The van der Waals surface area contributed by atoms with Crippen LogP contribution in [0.2, 0.25) is 0 Å². The molecule has 1 aliphatic rings. The highest BCUT2D eigenvalue weighted by Crippen LogP contribution is 2.59. The molecule has 3 nitrogen and oxygen atoms in total. The lowest BCUT2D eigenvalue weighted by Gasteiger charge is -2.42. The van der Waals surface area contributed by atoms with E-state index < -0.39 is 51.7 Å². The lowest BCUT2D eigenvalue weighted by atomic mass is 9.96. The summed E-state index contributed by atoms with van der Waals surface area (Å²) >= 11 is 0. The zero-order chi connectivity index (χ0) is 21.7. The lowest BCUT2D eigenvalue weighted by Crippen LogP contribution is -2.66. The molecule has 0 spiro atoms. The van der Waals surface area contributed by atoms with Crippen molar-refractivity contribution in [3.8, 4) is 0 Å². The highest BCUT2D eigenvalue weighted by Gasteiger charge is 2.79. The van der Waals surface area contributed by atoms with E-state index in [9.17, 15) is 34.8 Å². The molecule has 1 saturated heterocycles. The lowest BCUT2D eigenvalue weighted by molar-refractivity contribution is -0.323. The molecule has 0 saturated carbocycles. The van der Waals surface area contributed by atoms with E-state index in [1.807, 2.05) is 0 Å². The quantitative estimate of drug-likeness (QED) is 0.605. The third kappa shape index (κ3) is 3.42. The molecule has 3 rings (SSSR count). The summed E-state index contributed by atoms with van der Waals surface area (Å²) < 4.78 is 110. The van der Waals surface area contributed by atoms with Gasteiger partial charge in [-0.25, -0.2) is 8.42 Å². The van der Waals surface area contributed by atoms with E-state index in [1.54, 1.807) is 6.92 Å². The number of aryl methyl sites for hydroxylation is 1. The van der Waals surface area contributed by atoms with Gasteiger partial charge in [0.05, 0.1) is 10.9 Å². The van der Waals surface area contributed by atoms with Gasteiger partial charge in [-0.2, -0.15) is 30.6 Å². The standard InChI is InChI=1S/C19H17F6NO2S/c1-13-7-9-15(10-8-13)29(27,28)26-16(14-5-3-2-4-6-14)11-12-17(26,18(20,21)22)19(23,24)25/h2-10,16H,11-12H2,1H3. The molecule has 1 unspecified atom stereocenters. The van der Waals surface area contributed by atoms with Gasteiger partial charge >= 0.3 is 12.4 Å². The van der Waals surface area contributed by atoms with E-state index in [0.29, 0.717) is 5.56 Å². The van der Waals surface area contributed by atoms with Gasteiger partial charge in [0.15, 0.2) is 0 Å². The van der Waals surface area contributed by atoms with Gasteiger partial charge < -0.3 is 0 Å². The number of halogens is 6. The Morgan fingerprint density at radius 2 is 1.41 bits per heavy atom. The molecule has 1 atom stereocenters. The van der Waals surface area contributed by atoms with Crippen molar-refractivity contribution in [2.45, 2.75) is 48.6 Å². The second kappa shape index (κ2) is 7.02. The van der Waals surface area contributed by atoms with Crippen LogP contribution in [0.25, 0.3) is 0 Å². The van der Waals surface area contributed by atoms with Crippen LogP contribution in [0.15, 0.2) is 59.5 Å². The maximum absolute atomic E-state index is 13.9. The zero-order valence-electron chi connectivity index (χ0n) is 15.1. The predicted octanol–water partition coefficient (Wildman–Crippen LogP) is 5.38. The first-order valence-corrected chi connectivity index (χ1v) is 10.1. The number of alkyl halides is 6. The van der Waals surface area contributed by atoms with Crippen molar-refractivity contribution in [3.05, 3.63) is 65.7 Å². The van der Waals surface area contributed by atoms with Gasteiger partial charge in [-0.1, -0.05) is 48.0 Å². The fourth-order valence-electron chi connectivity index (χ4n) is 3.71. The minimum atomic E-state index is -5.85. The van der Waals surface area contributed by atoms with E-state index >= 15 is 0 Å². The average molecular weight is 437 g/mol. The summed E-state index contributed by atoms with van der Waals surface area (Å²) in [6.45, 7) is 1.62. The molecule has 10 heteroatoms. The predicted molar refractivity (Wildman–Crippen MR) is 93.5 cm³/mol. The van der Waals surface area contributed by atoms with Gasteiger partial charge in [-0.3, -0.25) is 0 Å². The Balaban J connectivity index is 2.29. The average Bonchev–Trinajstić information content (AvgIpc) is 3.05. The molecule has 2 aromatic carbocycles. The second-order valence-corrected chi connectivity index (χ2v) is 8.75. The third-order valence-corrected chi connectivity index (χ3v) is 7.09. The highest BCUT2D eigenvalue weighted by atomic mass is 32.2. The van der Waals surface area contributed by atoms with Crippen molar-refractivity contribution in [3.63, 3.8) is 0 Å². The van der Waals surface area contributed by atoms with Crippen LogP contribution in [-0.2, 0) is 10.0 Å². The third-order valence-electron chi connectivity index (χ3n) is 5.14. The molecule has 1 aliphatic heterocycles. The zero-order valence-corrected chi connectivity index (χ0v) is 15.9. The van der Waals surface area contributed by atoms with Crippen LogP contribution in [0.4, 0.5) is 26.3 Å². The smallest absolute Gasteiger partial charge is 0.207 e. The fourth-order valence-corrected chi connectivity index (χ4v) is 5.68. The molecule has 0 N–H and O–H groups in total. The van der Waals surface area contributed by atoms with Crippen molar-refractivity contribution < 1.29 is 34.8 Å². The summed E-state index contributed by atoms with van der Waals surface area (Å²) in [5.74, 6) is 0. The summed E-state index contributed by atoms with van der Waals surface area (Å²) in [5.41, 5.74) is -3.83. The minimum Gasteiger partial charge on any atom is -0.207 e. The van der Waals surface area contributed by atoms with Crippen molar-refractivity contribution in [1.29, 1.82) is 0 Å². The molecular weight excluding hydrogens is 420 g/mol. The van der Waals surface area contributed by atoms with Gasteiger partial charge in [0, 0.05) is 0 Å². The Kier molecular flexibility index (Phi) is 5.23. The number of hydrogen-bond donors (Lipinski definition) is 0. The minimum absolute atomic E-state index is 0.0681. The summed E-state index contributed by atoms with van der Waals surface area (Å²) in [6, 6.07) is 10.1. The molecule has 1 fully saturated rings. The van der Waals surface area contributed by atoms with E-state index in [-0.39, 0.29) is 9.87 Å². The fraction of sp³-hybridized carbons (Fsp3) is 0.368. The Morgan fingerprint density at radius 3 is 1.90 bits per heavy atom. The van der Waals surface area contributed by atoms with Gasteiger partial charge in [0.1, 0.15) is 0 Å². The first-order chi connectivity index (χ1) is 13.3. The Bertz CT molecular complexity index is 954. The maximum atomic E-state index is 13.9. The van der Waals surface area contributed by atoms with Gasteiger partial charge in [0.25, 0.3) is 0 Å². The molecule has 0 aliphatic carbocycles. The van der Waals surface area contributed by atoms with Crippen molar-refractivity contribution in [2.24, 2.45) is 0 Å². The van der Waals surface area contributed by atoms with E-state index in [2.05, 4.69) is 0 Å². The number of rotatable bonds is 3. The van der Waals surface area contributed by atoms with Crippen molar-refractivity contribution in [1.82, 2.24) is 4.31 Å². The van der Waals surface area contributed by atoms with E-state index in [1.165, 1.54) is 42.5 Å². The topological polar surface area (TPSA) is 37.4 Å². The maximum Gasteiger partial charge on any atom is 0.416 e. The normalized spacial score (nSPS) is 20.7. The number of hydrogen-bond acceptors (Lipinski definition) is 2. The number of nitrogens with zero attached hydrogens (tertiary/aromatic N) is 1. The van der Waals surface area contributed by atoms with Crippen LogP contribution in [0.5, 0.6) is 0 Å². The molecule has 29 heavy (non-hydrogen) atoms. The number of benzene rings is 2. The first-order valence-electron chi connectivity index (χ1n) is 8.62. The molecule has 1 heterocycles. The monoisotopic (exact) mass is 437 g/mol. The molecule has 0 aromatic heterocycles. The summed E-state index contributed by atoms with van der Waals surface area (Å²) in [7, 11) is -5.13. The summed E-state index contributed by atoms with van der Waals surface area (Å²) in [5, 5.41) is 0. The second-order valence-electron chi connectivity index (χ2n) is 6.93. The van der Waals surface area contributed by atoms with Crippen molar-refractivity contribution in [2.75, 3.05) is 0 Å². The van der Waals surface area contributed by atoms with Crippen LogP contribution in [0.3, 0.4) is 0 Å². The molecule has 0 radical (unpaired) electrons. The van der Waals surface area contributed by atoms with E-state index in [0.717, 1.165) is 12.1 Å². The Morgan fingerprint density at radius 1 is 0.897 bits per heavy atom. The molecule has 2 aromatic rings. The summed E-state index contributed by atoms with van der Waals surface area (Å²) in [6.07, 6.45) is -13.7. The van der Waals surface area contributed by atoms with Crippen LogP contribution in [0, 0.1) is 6.92 Å². The molecule has 158 valence electrons. The van der Waals surface area contributed by atoms with Crippen LogP contribution < -0.4 is 0 Å². The summed E-state index contributed by atoms with van der Waals surface area (Å²) in [4.78, 5) is -0.621. The molecular formula is C19H17F6NO2S. The number of sulfonamides is 1. The van der Waals surface area contributed by atoms with Gasteiger partial charge in [-0.15, -0.1) is 0 Å². The molecule has 0 amide bonds. The van der Waals surface area contributed by atoms with Crippen LogP contribution >= 0.6 is 0 Å².